The first-order valence-corrected chi connectivity index (χ1v) is 5.11. The van der Waals surface area contributed by atoms with E-state index in [1.165, 1.54) is 0 Å². The van der Waals surface area contributed by atoms with Crippen LogP contribution < -0.4 is 0 Å². The third-order valence-electron chi connectivity index (χ3n) is 2.52. The molecule has 0 radical (unpaired) electrons. The zero-order chi connectivity index (χ0) is 14.2. The molecule has 2 rings (SSSR count). The van der Waals surface area contributed by atoms with E-state index in [2.05, 4.69) is 0 Å². The van der Waals surface area contributed by atoms with Crippen molar-refractivity contribution >= 4 is 5.97 Å². The van der Waals surface area contributed by atoms with Gasteiger partial charge >= 0.3 is 5.97 Å². The van der Waals surface area contributed by atoms with Crippen molar-refractivity contribution in [3.05, 3.63) is 53.3 Å². The van der Waals surface area contributed by atoms with Gasteiger partial charge < -0.3 is 10.2 Å². The monoisotopic (exact) mass is 268 g/mol. The predicted molar refractivity (Wildman–Crippen MR) is 60.4 cm³/mol. The lowest BCUT2D eigenvalue weighted by molar-refractivity contribution is 0.0694. The van der Waals surface area contributed by atoms with E-state index in [4.69, 9.17) is 5.11 Å². The number of rotatable bonds is 2. The minimum Gasteiger partial charge on any atom is -0.507 e. The summed E-state index contributed by atoms with van der Waals surface area (Å²) in [6, 6.07) is 4.04. The van der Waals surface area contributed by atoms with Crippen molar-refractivity contribution in [3.63, 3.8) is 0 Å². The van der Waals surface area contributed by atoms with Crippen LogP contribution in [-0.2, 0) is 0 Å². The predicted octanol–water partition coefficient (Wildman–Crippen LogP) is 3.17. The molecular weight excluding hydrogens is 261 g/mol. The van der Waals surface area contributed by atoms with E-state index in [1.807, 2.05) is 0 Å². The van der Waals surface area contributed by atoms with E-state index in [-0.39, 0.29) is 5.56 Å². The molecule has 0 amide bonds. The van der Waals surface area contributed by atoms with Crippen LogP contribution in [0.2, 0.25) is 0 Å². The van der Waals surface area contributed by atoms with E-state index in [0.717, 1.165) is 18.2 Å². The summed E-state index contributed by atoms with van der Waals surface area (Å²) in [6.45, 7) is 0. The van der Waals surface area contributed by atoms with Crippen molar-refractivity contribution in [2.75, 3.05) is 0 Å². The lowest BCUT2D eigenvalue weighted by Gasteiger charge is -2.07. The van der Waals surface area contributed by atoms with Gasteiger partial charge in [-0.2, -0.15) is 0 Å². The van der Waals surface area contributed by atoms with Crippen LogP contribution in [0.5, 0.6) is 5.75 Å². The Hall–Kier alpha value is -2.50. The first-order chi connectivity index (χ1) is 8.90. The van der Waals surface area contributed by atoms with Gasteiger partial charge in [0.15, 0.2) is 0 Å². The summed E-state index contributed by atoms with van der Waals surface area (Å²) < 4.78 is 39.8. The molecule has 0 bridgehead atoms. The SMILES string of the molecule is O=C(O)c1ccc(-c2c(F)cc(F)cc2F)cc1O. The Kier molecular flexibility index (Phi) is 3.16. The average molecular weight is 268 g/mol. The summed E-state index contributed by atoms with van der Waals surface area (Å²) >= 11 is 0. The molecule has 2 aromatic rings. The Labute approximate surface area is 105 Å². The van der Waals surface area contributed by atoms with Gasteiger partial charge in [0, 0.05) is 12.1 Å². The van der Waals surface area contributed by atoms with Gasteiger partial charge in [-0.3, -0.25) is 0 Å². The van der Waals surface area contributed by atoms with Crippen molar-refractivity contribution in [2.45, 2.75) is 0 Å². The number of carbonyl (C=O) groups is 1. The van der Waals surface area contributed by atoms with Crippen LogP contribution in [0.4, 0.5) is 13.2 Å². The lowest BCUT2D eigenvalue weighted by Crippen LogP contribution is -1.98. The molecule has 0 saturated heterocycles. The van der Waals surface area contributed by atoms with Crippen molar-refractivity contribution in [1.82, 2.24) is 0 Å². The third-order valence-corrected chi connectivity index (χ3v) is 2.52. The maximum Gasteiger partial charge on any atom is 0.339 e. The van der Waals surface area contributed by atoms with E-state index < -0.39 is 40.3 Å². The van der Waals surface area contributed by atoms with E-state index in [1.54, 1.807) is 0 Å². The van der Waals surface area contributed by atoms with Crippen LogP contribution in [0.1, 0.15) is 10.4 Å². The Morgan fingerprint density at radius 1 is 1.00 bits per heavy atom. The largest absolute Gasteiger partial charge is 0.507 e. The van der Waals surface area contributed by atoms with Gasteiger partial charge in [0.25, 0.3) is 0 Å². The Morgan fingerprint density at radius 2 is 1.58 bits per heavy atom. The molecule has 0 saturated carbocycles. The number of hydrogen-bond acceptors (Lipinski definition) is 2. The summed E-state index contributed by atoms with van der Waals surface area (Å²) in [4.78, 5) is 10.7. The van der Waals surface area contributed by atoms with E-state index in [0.29, 0.717) is 12.1 Å². The van der Waals surface area contributed by atoms with Crippen LogP contribution in [0, 0.1) is 17.5 Å². The van der Waals surface area contributed by atoms with Crippen LogP contribution in [0.25, 0.3) is 11.1 Å². The highest BCUT2D eigenvalue weighted by atomic mass is 19.1. The van der Waals surface area contributed by atoms with Gasteiger partial charge in [-0.05, 0) is 17.7 Å². The topological polar surface area (TPSA) is 57.5 Å². The molecule has 0 atom stereocenters. The molecule has 2 aromatic carbocycles. The number of halogens is 3. The summed E-state index contributed by atoms with van der Waals surface area (Å²) in [5.74, 6) is -5.35. The molecule has 0 spiro atoms. The highest BCUT2D eigenvalue weighted by molar-refractivity contribution is 5.91. The molecule has 3 nitrogen and oxygen atoms in total. The average Bonchev–Trinajstić information content (AvgIpc) is 2.26. The van der Waals surface area contributed by atoms with Gasteiger partial charge in [0.2, 0.25) is 0 Å². The second-order valence-electron chi connectivity index (χ2n) is 3.78. The second-order valence-corrected chi connectivity index (χ2v) is 3.78. The van der Waals surface area contributed by atoms with Crippen molar-refractivity contribution < 1.29 is 28.2 Å². The number of carboxylic acids is 1. The summed E-state index contributed by atoms with van der Waals surface area (Å²) in [5.41, 5.74) is -1.02. The fourth-order valence-corrected chi connectivity index (χ4v) is 1.69. The minimum atomic E-state index is -1.37. The zero-order valence-electron chi connectivity index (χ0n) is 9.32. The van der Waals surface area contributed by atoms with Gasteiger partial charge in [-0.25, -0.2) is 18.0 Å². The molecule has 98 valence electrons. The van der Waals surface area contributed by atoms with Gasteiger partial charge in [0.1, 0.15) is 28.8 Å². The lowest BCUT2D eigenvalue weighted by atomic mass is 10.0. The van der Waals surface area contributed by atoms with E-state index >= 15 is 0 Å². The molecule has 2 N–H and O–H groups in total. The maximum absolute atomic E-state index is 13.5. The number of hydrogen-bond donors (Lipinski definition) is 2. The van der Waals surface area contributed by atoms with Crippen LogP contribution in [0.15, 0.2) is 30.3 Å². The maximum atomic E-state index is 13.5. The van der Waals surface area contributed by atoms with Crippen molar-refractivity contribution in [3.8, 4) is 16.9 Å². The highest BCUT2D eigenvalue weighted by Crippen LogP contribution is 2.30. The van der Waals surface area contributed by atoms with Gasteiger partial charge in [-0.1, -0.05) is 6.07 Å². The van der Waals surface area contributed by atoms with Crippen LogP contribution in [-0.4, -0.2) is 16.2 Å². The molecule has 0 fully saturated rings. The Balaban J connectivity index is 2.61. The molecule has 0 aliphatic rings. The molecule has 19 heavy (non-hydrogen) atoms. The second kappa shape index (κ2) is 4.64. The number of aromatic carboxylic acids is 1. The first-order valence-electron chi connectivity index (χ1n) is 5.11. The third kappa shape index (κ3) is 2.37. The number of benzene rings is 2. The summed E-state index contributed by atoms with van der Waals surface area (Å²) in [5, 5.41) is 18.2. The van der Waals surface area contributed by atoms with E-state index in [9.17, 15) is 23.1 Å². The molecule has 0 aliphatic heterocycles. The molecule has 0 heterocycles. The standard InChI is InChI=1S/C13H7F3O3/c14-7-4-9(15)12(10(16)5-7)6-1-2-8(13(18)19)11(17)3-6/h1-5,17H,(H,18,19). The quantitative estimate of drug-likeness (QED) is 0.879. The van der Waals surface area contributed by atoms with Crippen LogP contribution in [0.3, 0.4) is 0 Å². The highest BCUT2D eigenvalue weighted by Gasteiger charge is 2.16. The Morgan fingerprint density at radius 3 is 2.05 bits per heavy atom. The summed E-state index contributed by atoms with van der Waals surface area (Å²) in [6.07, 6.45) is 0. The zero-order valence-corrected chi connectivity index (χ0v) is 9.32. The first kappa shape index (κ1) is 12.9. The Bertz CT molecular complexity index is 645. The van der Waals surface area contributed by atoms with Crippen molar-refractivity contribution in [2.24, 2.45) is 0 Å². The molecule has 0 aliphatic carbocycles. The molecular formula is C13H7F3O3. The van der Waals surface area contributed by atoms with Gasteiger partial charge in [0.05, 0.1) is 5.56 Å². The van der Waals surface area contributed by atoms with Crippen molar-refractivity contribution in [1.29, 1.82) is 0 Å². The molecule has 0 unspecified atom stereocenters. The molecule has 0 aromatic heterocycles. The fraction of sp³-hybridized carbons (Fsp3) is 0. The normalized spacial score (nSPS) is 10.5. The van der Waals surface area contributed by atoms with Crippen LogP contribution >= 0.6 is 0 Å². The molecule has 6 heteroatoms. The van der Waals surface area contributed by atoms with Gasteiger partial charge in [-0.15, -0.1) is 0 Å². The fourth-order valence-electron chi connectivity index (χ4n) is 1.69. The summed E-state index contributed by atoms with van der Waals surface area (Å²) in [7, 11) is 0. The number of aromatic hydroxyl groups is 1. The smallest absolute Gasteiger partial charge is 0.339 e. The number of phenols is 1. The minimum absolute atomic E-state index is 0.0856. The number of carboxylic acid groups (broad SMARTS) is 1.